The molecule has 0 aromatic heterocycles. The number of carbonyl (C=O) groups excluding carboxylic acids is 1. The Morgan fingerprint density at radius 2 is 1.94 bits per heavy atom. The number of alkyl halides is 3. The van der Waals surface area contributed by atoms with Crippen molar-refractivity contribution in [3.8, 4) is 0 Å². The molecular formula is C12H23F3N2O. The molecule has 0 rings (SSSR count). The summed E-state index contributed by atoms with van der Waals surface area (Å²) in [6, 6.07) is 0. The molecule has 0 spiro atoms. The van der Waals surface area contributed by atoms with Crippen molar-refractivity contribution in [3.05, 3.63) is 0 Å². The van der Waals surface area contributed by atoms with E-state index in [4.69, 9.17) is 0 Å². The number of nitrogens with zero attached hydrogens (tertiary/aromatic N) is 1. The van der Waals surface area contributed by atoms with Crippen LogP contribution in [0, 0.1) is 5.92 Å². The molecule has 0 aromatic rings. The Balaban J connectivity index is 4.47. The standard InChI is InChI=1S/C12H23F3N2O/c1-4-6-7-17(9-12(13,14)15)11(18)10(3)8-16-5-2/h10,16H,4-9H2,1-3H3. The van der Waals surface area contributed by atoms with Crippen LogP contribution in [0.4, 0.5) is 13.2 Å². The monoisotopic (exact) mass is 268 g/mol. The van der Waals surface area contributed by atoms with Gasteiger partial charge >= 0.3 is 6.18 Å². The zero-order chi connectivity index (χ0) is 14.2. The van der Waals surface area contributed by atoms with Gasteiger partial charge in [0.25, 0.3) is 0 Å². The predicted molar refractivity (Wildman–Crippen MR) is 65.3 cm³/mol. The van der Waals surface area contributed by atoms with Crippen molar-refractivity contribution >= 4 is 5.91 Å². The molecule has 1 unspecified atom stereocenters. The van der Waals surface area contributed by atoms with Crippen LogP contribution < -0.4 is 5.32 Å². The lowest BCUT2D eigenvalue weighted by molar-refractivity contribution is -0.163. The molecule has 1 N–H and O–H groups in total. The van der Waals surface area contributed by atoms with E-state index in [0.29, 0.717) is 19.5 Å². The van der Waals surface area contributed by atoms with Gasteiger partial charge in [-0.15, -0.1) is 0 Å². The van der Waals surface area contributed by atoms with Crippen molar-refractivity contribution in [3.63, 3.8) is 0 Å². The molecule has 1 amide bonds. The van der Waals surface area contributed by atoms with E-state index in [2.05, 4.69) is 5.32 Å². The van der Waals surface area contributed by atoms with Gasteiger partial charge in [0.1, 0.15) is 6.54 Å². The van der Waals surface area contributed by atoms with Crippen LogP contribution in [0.5, 0.6) is 0 Å². The Morgan fingerprint density at radius 3 is 2.39 bits per heavy atom. The fourth-order valence-corrected chi connectivity index (χ4v) is 1.59. The number of nitrogens with one attached hydrogen (secondary N) is 1. The van der Waals surface area contributed by atoms with Crippen molar-refractivity contribution in [1.29, 1.82) is 0 Å². The van der Waals surface area contributed by atoms with E-state index in [1.165, 1.54) is 0 Å². The van der Waals surface area contributed by atoms with Gasteiger partial charge in [-0.3, -0.25) is 4.79 Å². The highest BCUT2D eigenvalue weighted by Gasteiger charge is 2.33. The van der Waals surface area contributed by atoms with E-state index >= 15 is 0 Å². The Kier molecular flexibility index (Phi) is 7.98. The van der Waals surface area contributed by atoms with E-state index in [1.54, 1.807) is 6.92 Å². The van der Waals surface area contributed by atoms with E-state index < -0.39 is 24.5 Å². The first-order valence-corrected chi connectivity index (χ1v) is 6.38. The van der Waals surface area contributed by atoms with Crippen LogP contribution in [0.25, 0.3) is 0 Å². The normalized spacial score (nSPS) is 13.4. The largest absolute Gasteiger partial charge is 0.406 e. The molecule has 0 aliphatic carbocycles. The lowest BCUT2D eigenvalue weighted by atomic mass is 10.1. The molecule has 0 saturated carbocycles. The van der Waals surface area contributed by atoms with E-state index in [-0.39, 0.29) is 6.54 Å². The zero-order valence-electron chi connectivity index (χ0n) is 11.3. The highest BCUT2D eigenvalue weighted by atomic mass is 19.4. The Hall–Kier alpha value is -0.780. The van der Waals surface area contributed by atoms with Crippen molar-refractivity contribution < 1.29 is 18.0 Å². The molecule has 0 radical (unpaired) electrons. The third-order valence-electron chi connectivity index (χ3n) is 2.59. The summed E-state index contributed by atoms with van der Waals surface area (Å²) in [5.74, 6) is -0.856. The topological polar surface area (TPSA) is 32.3 Å². The Morgan fingerprint density at radius 1 is 1.33 bits per heavy atom. The molecule has 108 valence electrons. The molecule has 0 bridgehead atoms. The van der Waals surface area contributed by atoms with Crippen molar-refractivity contribution in [1.82, 2.24) is 10.2 Å². The highest BCUT2D eigenvalue weighted by molar-refractivity contribution is 5.78. The van der Waals surface area contributed by atoms with Gasteiger partial charge in [0.15, 0.2) is 0 Å². The number of halogens is 3. The second-order valence-corrected chi connectivity index (χ2v) is 4.44. The highest BCUT2D eigenvalue weighted by Crippen LogP contribution is 2.18. The summed E-state index contributed by atoms with van der Waals surface area (Å²) >= 11 is 0. The van der Waals surface area contributed by atoms with Gasteiger partial charge in [-0.1, -0.05) is 27.2 Å². The molecule has 1 atom stereocenters. The lowest BCUT2D eigenvalue weighted by Gasteiger charge is -2.26. The summed E-state index contributed by atoms with van der Waals surface area (Å²) in [5, 5.41) is 2.97. The van der Waals surface area contributed by atoms with Crippen LogP contribution in [0.15, 0.2) is 0 Å². The quantitative estimate of drug-likeness (QED) is 0.733. The second-order valence-electron chi connectivity index (χ2n) is 4.44. The zero-order valence-corrected chi connectivity index (χ0v) is 11.3. The van der Waals surface area contributed by atoms with Crippen LogP contribution in [-0.4, -0.2) is 43.2 Å². The van der Waals surface area contributed by atoms with Gasteiger partial charge < -0.3 is 10.2 Å². The fraction of sp³-hybridized carbons (Fsp3) is 0.917. The first-order chi connectivity index (χ1) is 8.31. The van der Waals surface area contributed by atoms with Crippen LogP contribution in [0.2, 0.25) is 0 Å². The van der Waals surface area contributed by atoms with Gasteiger partial charge in [-0.2, -0.15) is 13.2 Å². The maximum absolute atomic E-state index is 12.4. The summed E-state index contributed by atoms with van der Waals surface area (Å²) in [6.45, 7) is 5.57. The molecule has 3 nitrogen and oxygen atoms in total. The average Bonchev–Trinajstić information content (AvgIpc) is 2.29. The maximum atomic E-state index is 12.4. The summed E-state index contributed by atoms with van der Waals surface area (Å²) in [5.41, 5.74) is 0. The van der Waals surface area contributed by atoms with Gasteiger partial charge in [-0.25, -0.2) is 0 Å². The first kappa shape index (κ1) is 17.2. The number of carbonyl (C=O) groups is 1. The minimum Gasteiger partial charge on any atom is -0.333 e. The minimum atomic E-state index is -4.33. The molecule has 0 aliphatic rings. The number of hydrogen-bond donors (Lipinski definition) is 1. The third-order valence-corrected chi connectivity index (χ3v) is 2.59. The number of amides is 1. The smallest absolute Gasteiger partial charge is 0.333 e. The second kappa shape index (κ2) is 8.34. The predicted octanol–water partition coefficient (Wildman–Crippen LogP) is 2.42. The fourth-order valence-electron chi connectivity index (χ4n) is 1.59. The summed E-state index contributed by atoms with van der Waals surface area (Å²) in [6.07, 6.45) is -2.97. The van der Waals surface area contributed by atoms with Crippen molar-refractivity contribution in [2.75, 3.05) is 26.2 Å². The third kappa shape index (κ3) is 7.53. The number of rotatable bonds is 8. The van der Waals surface area contributed by atoms with Gasteiger partial charge in [0.2, 0.25) is 5.91 Å². The summed E-state index contributed by atoms with van der Waals surface area (Å²) in [7, 11) is 0. The van der Waals surface area contributed by atoms with Crippen LogP contribution in [-0.2, 0) is 4.79 Å². The number of hydrogen-bond acceptors (Lipinski definition) is 2. The van der Waals surface area contributed by atoms with Gasteiger partial charge in [-0.05, 0) is 13.0 Å². The Labute approximate surface area is 107 Å². The van der Waals surface area contributed by atoms with E-state index in [1.807, 2.05) is 13.8 Å². The first-order valence-electron chi connectivity index (χ1n) is 6.38. The van der Waals surface area contributed by atoms with Gasteiger partial charge in [0.05, 0.1) is 0 Å². The van der Waals surface area contributed by atoms with Gasteiger partial charge in [0, 0.05) is 19.0 Å². The van der Waals surface area contributed by atoms with Crippen molar-refractivity contribution in [2.45, 2.75) is 39.8 Å². The molecule has 0 saturated heterocycles. The molecular weight excluding hydrogens is 245 g/mol. The SMILES string of the molecule is CCCCN(CC(F)(F)F)C(=O)C(C)CNCC. The molecule has 18 heavy (non-hydrogen) atoms. The Bertz CT molecular complexity index is 244. The summed E-state index contributed by atoms with van der Waals surface area (Å²) < 4.78 is 37.2. The van der Waals surface area contributed by atoms with Crippen molar-refractivity contribution in [2.24, 2.45) is 5.92 Å². The molecule has 0 heterocycles. The van der Waals surface area contributed by atoms with E-state index in [0.717, 1.165) is 11.3 Å². The maximum Gasteiger partial charge on any atom is 0.406 e. The molecule has 0 aliphatic heterocycles. The lowest BCUT2D eigenvalue weighted by Crippen LogP contribution is -2.44. The van der Waals surface area contributed by atoms with Crippen LogP contribution in [0.1, 0.15) is 33.6 Å². The molecule has 0 fully saturated rings. The number of unbranched alkanes of at least 4 members (excludes halogenated alkanes) is 1. The minimum absolute atomic E-state index is 0.172. The molecule has 0 aromatic carbocycles. The average molecular weight is 268 g/mol. The van der Waals surface area contributed by atoms with Crippen LogP contribution in [0.3, 0.4) is 0 Å². The molecule has 6 heteroatoms. The van der Waals surface area contributed by atoms with E-state index in [9.17, 15) is 18.0 Å². The summed E-state index contributed by atoms with van der Waals surface area (Å²) in [4.78, 5) is 12.8. The van der Waals surface area contributed by atoms with Crippen LogP contribution >= 0.6 is 0 Å².